The highest BCUT2D eigenvalue weighted by Gasteiger charge is 2.12. The Kier molecular flexibility index (Phi) is 7.68. The van der Waals surface area contributed by atoms with Crippen molar-refractivity contribution in [3.8, 4) is 17.2 Å². The van der Waals surface area contributed by atoms with E-state index in [1.165, 1.54) is 4.90 Å². The maximum absolute atomic E-state index is 12.4. The van der Waals surface area contributed by atoms with E-state index < -0.39 is 12.6 Å². The van der Waals surface area contributed by atoms with Gasteiger partial charge in [0.05, 0.1) is 6.61 Å². The number of carboxylic acid groups (broad SMARTS) is 1. The third-order valence-electron chi connectivity index (χ3n) is 3.71. The molecule has 2 aromatic rings. The summed E-state index contributed by atoms with van der Waals surface area (Å²) in [7, 11) is 1.64. The molecule has 7 heteroatoms. The van der Waals surface area contributed by atoms with Crippen LogP contribution >= 0.6 is 0 Å². The summed E-state index contributed by atoms with van der Waals surface area (Å²) < 4.78 is 16.3. The van der Waals surface area contributed by atoms with E-state index in [-0.39, 0.29) is 12.5 Å². The minimum absolute atomic E-state index is 0.124. The van der Waals surface area contributed by atoms with Gasteiger partial charge in [-0.15, -0.1) is 0 Å². The summed E-state index contributed by atoms with van der Waals surface area (Å²) in [6.07, 6.45) is 0. The maximum Gasteiger partial charge on any atom is 0.341 e. The van der Waals surface area contributed by atoms with Crippen molar-refractivity contribution in [3.05, 3.63) is 48.5 Å². The number of ether oxygens (including phenoxy) is 3. The third-order valence-corrected chi connectivity index (χ3v) is 3.71. The van der Waals surface area contributed by atoms with Crippen LogP contribution in [0.3, 0.4) is 0 Å². The molecular formula is C21H25NO6. The molecule has 7 nitrogen and oxygen atoms in total. The van der Waals surface area contributed by atoms with Gasteiger partial charge in [0.25, 0.3) is 5.91 Å². The summed E-state index contributed by atoms with van der Waals surface area (Å²) in [5, 5.41) is 8.62. The fraction of sp³-hybridized carbons (Fsp3) is 0.333. The van der Waals surface area contributed by atoms with Crippen molar-refractivity contribution in [2.45, 2.75) is 13.8 Å². The predicted octanol–water partition coefficient (Wildman–Crippen LogP) is 3.23. The standard InChI is InChI=1S/C21H25NO6/c1-15(2)12-26-18-5-4-6-19(11-18)27-13-20(23)22(3)16-7-9-17(10-8-16)28-14-21(24)25/h4-11,15H,12-14H2,1-3H3,(H,24,25). The smallest absolute Gasteiger partial charge is 0.341 e. The van der Waals surface area contributed by atoms with E-state index in [2.05, 4.69) is 13.8 Å². The van der Waals surface area contributed by atoms with Gasteiger partial charge in [0.15, 0.2) is 13.2 Å². The van der Waals surface area contributed by atoms with E-state index in [1.54, 1.807) is 43.4 Å². The predicted molar refractivity (Wildman–Crippen MR) is 105 cm³/mol. The van der Waals surface area contributed by atoms with Crippen molar-refractivity contribution in [3.63, 3.8) is 0 Å². The quantitative estimate of drug-likeness (QED) is 0.674. The average Bonchev–Trinajstić information content (AvgIpc) is 2.69. The molecule has 0 aliphatic heterocycles. The van der Waals surface area contributed by atoms with Crippen LogP contribution in [-0.2, 0) is 9.59 Å². The first-order valence-corrected chi connectivity index (χ1v) is 8.92. The number of carboxylic acids is 1. The zero-order chi connectivity index (χ0) is 20.5. The number of nitrogens with zero attached hydrogens (tertiary/aromatic N) is 1. The lowest BCUT2D eigenvalue weighted by Crippen LogP contribution is -2.31. The summed E-state index contributed by atoms with van der Waals surface area (Å²) in [6.45, 7) is 4.21. The molecule has 0 saturated carbocycles. The highest BCUT2D eigenvalue weighted by atomic mass is 16.5. The van der Waals surface area contributed by atoms with E-state index in [0.29, 0.717) is 35.5 Å². The number of carbonyl (C=O) groups excluding carboxylic acids is 1. The summed E-state index contributed by atoms with van der Waals surface area (Å²) in [5.41, 5.74) is 0.644. The summed E-state index contributed by atoms with van der Waals surface area (Å²) in [4.78, 5) is 24.3. The number of hydrogen-bond donors (Lipinski definition) is 1. The highest BCUT2D eigenvalue weighted by molar-refractivity contribution is 5.93. The molecule has 28 heavy (non-hydrogen) atoms. The second-order valence-electron chi connectivity index (χ2n) is 6.60. The van der Waals surface area contributed by atoms with Crippen LogP contribution < -0.4 is 19.1 Å². The normalized spacial score (nSPS) is 10.4. The van der Waals surface area contributed by atoms with Gasteiger partial charge < -0.3 is 24.2 Å². The van der Waals surface area contributed by atoms with Gasteiger partial charge in [0.2, 0.25) is 0 Å². The van der Waals surface area contributed by atoms with Gasteiger partial charge in [-0.3, -0.25) is 4.79 Å². The second kappa shape index (κ2) is 10.2. The number of amides is 1. The van der Waals surface area contributed by atoms with Gasteiger partial charge in [-0.25, -0.2) is 4.79 Å². The summed E-state index contributed by atoms with van der Waals surface area (Å²) in [6, 6.07) is 13.8. The molecular weight excluding hydrogens is 362 g/mol. The number of likely N-dealkylation sites (N-methyl/N-ethyl adjacent to an activating group) is 1. The Morgan fingerprint density at radius 1 is 0.929 bits per heavy atom. The topological polar surface area (TPSA) is 85.3 Å². The Morgan fingerprint density at radius 3 is 2.14 bits per heavy atom. The lowest BCUT2D eigenvalue weighted by atomic mass is 10.2. The van der Waals surface area contributed by atoms with Crippen molar-refractivity contribution in [1.82, 2.24) is 0 Å². The van der Waals surface area contributed by atoms with Gasteiger partial charge >= 0.3 is 5.97 Å². The first-order chi connectivity index (χ1) is 13.3. The Labute approximate surface area is 164 Å². The second-order valence-corrected chi connectivity index (χ2v) is 6.60. The van der Waals surface area contributed by atoms with E-state index in [4.69, 9.17) is 19.3 Å². The van der Waals surface area contributed by atoms with E-state index in [1.807, 2.05) is 12.1 Å². The Bertz CT molecular complexity index is 788. The van der Waals surface area contributed by atoms with Crippen LogP contribution in [-0.4, -0.2) is 43.9 Å². The molecule has 2 aromatic carbocycles. The summed E-state index contributed by atoms with van der Waals surface area (Å²) in [5.74, 6) is 0.812. The Hall–Kier alpha value is -3.22. The minimum atomic E-state index is -1.05. The molecule has 0 unspecified atom stereocenters. The molecule has 0 aliphatic rings. The number of rotatable bonds is 10. The Morgan fingerprint density at radius 2 is 1.54 bits per heavy atom. The van der Waals surface area contributed by atoms with Gasteiger partial charge in [-0.05, 0) is 42.3 Å². The number of anilines is 1. The molecule has 2 rings (SSSR count). The van der Waals surface area contributed by atoms with Crippen LogP contribution in [0.1, 0.15) is 13.8 Å². The molecule has 0 aromatic heterocycles. The molecule has 1 N–H and O–H groups in total. The number of aliphatic carboxylic acids is 1. The number of hydrogen-bond acceptors (Lipinski definition) is 5. The fourth-order valence-electron chi connectivity index (χ4n) is 2.21. The molecule has 1 amide bonds. The Balaban J connectivity index is 1.88. The molecule has 0 saturated heterocycles. The van der Waals surface area contributed by atoms with Crippen LogP contribution in [0.15, 0.2) is 48.5 Å². The molecule has 0 heterocycles. The molecule has 0 spiro atoms. The molecule has 0 fully saturated rings. The van der Waals surface area contributed by atoms with E-state index >= 15 is 0 Å². The lowest BCUT2D eigenvalue weighted by molar-refractivity contribution is -0.139. The van der Waals surface area contributed by atoms with Gasteiger partial charge in [0, 0.05) is 18.8 Å². The van der Waals surface area contributed by atoms with Crippen LogP contribution in [0, 0.1) is 5.92 Å². The van der Waals surface area contributed by atoms with Gasteiger partial charge in [-0.2, -0.15) is 0 Å². The highest BCUT2D eigenvalue weighted by Crippen LogP contribution is 2.21. The number of carbonyl (C=O) groups is 2. The largest absolute Gasteiger partial charge is 0.493 e. The van der Waals surface area contributed by atoms with Crippen molar-refractivity contribution in [2.24, 2.45) is 5.92 Å². The zero-order valence-corrected chi connectivity index (χ0v) is 16.3. The van der Waals surface area contributed by atoms with Gasteiger partial charge in [0.1, 0.15) is 17.2 Å². The number of benzene rings is 2. The van der Waals surface area contributed by atoms with Crippen molar-refractivity contribution >= 4 is 17.6 Å². The van der Waals surface area contributed by atoms with Gasteiger partial charge in [-0.1, -0.05) is 19.9 Å². The molecule has 0 bridgehead atoms. The van der Waals surface area contributed by atoms with E-state index in [0.717, 1.165) is 0 Å². The molecule has 0 aliphatic carbocycles. The first-order valence-electron chi connectivity index (χ1n) is 8.92. The molecule has 0 radical (unpaired) electrons. The van der Waals surface area contributed by atoms with Crippen LogP contribution in [0.4, 0.5) is 5.69 Å². The van der Waals surface area contributed by atoms with Crippen LogP contribution in [0.2, 0.25) is 0 Å². The van der Waals surface area contributed by atoms with E-state index in [9.17, 15) is 9.59 Å². The maximum atomic E-state index is 12.4. The van der Waals surface area contributed by atoms with Crippen molar-refractivity contribution in [2.75, 3.05) is 31.8 Å². The van der Waals surface area contributed by atoms with Crippen LogP contribution in [0.5, 0.6) is 17.2 Å². The molecule has 150 valence electrons. The zero-order valence-electron chi connectivity index (χ0n) is 16.3. The average molecular weight is 387 g/mol. The SMILES string of the molecule is CC(C)COc1cccc(OCC(=O)N(C)c2ccc(OCC(=O)O)cc2)c1. The monoisotopic (exact) mass is 387 g/mol. The first kappa shape index (κ1) is 21.1. The molecule has 0 atom stereocenters. The van der Waals surface area contributed by atoms with Crippen molar-refractivity contribution in [1.29, 1.82) is 0 Å². The van der Waals surface area contributed by atoms with Crippen LogP contribution in [0.25, 0.3) is 0 Å². The minimum Gasteiger partial charge on any atom is -0.493 e. The summed E-state index contributed by atoms with van der Waals surface area (Å²) >= 11 is 0. The third kappa shape index (κ3) is 6.83. The fourth-order valence-corrected chi connectivity index (χ4v) is 2.21. The van der Waals surface area contributed by atoms with Crippen molar-refractivity contribution < 1.29 is 28.9 Å². The lowest BCUT2D eigenvalue weighted by Gasteiger charge is -2.18.